The Balaban J connectivity index is 1.87. The maximum Gasteiger partial charge on any atom is 0.393 e. The molecule has 41 heavy (non-hydrogen) atoms. The summed E-state index contributed by atoms with van der Waals surface area (Å²) in [6, 6.07) is 4.54. The second-order valence-corrected chi connectivity index (χ2v) is 10.7. The number of phenolic OH excluding ortho intramolecular Hbond substituents is 1. The Labute approximate surface area is 229 Å². The molecule has 0 radical (unpaired) electrons. The van der Waals surface area contributed by atoms with Crippen LogP contribution < -0.4 is 15.4 Å². The first-order chi connectivity index (χ1) is 19.2. The van der Waals surface area contributed by atoms with E-state index >= 15 is 0 Å². The number of nitrogens with zero attached hydrogens (tertiary/aromatic N) is 3. The highest BCUT2D eigenvalue weighted by molar-refractivity contribution is 7.92. The van der Waals surface area contributed by atoms with E-state index in [1.54, 1.807) is 0 Å². The molecule has 11 nitrogen and oxygen atoms in total. The lowest BCUT2D eigenvalue weighted by Gasteiger charge is -2.15. The normalized spacial score (nSPS) is 12.0. The average Bonchev–Trinajstić information content (AvgIpc) is 3.33. The summed E-state index contributed by atoms with van der Waals surface area (Å²) in [5, 5.41) is 21.3. The van der Waals surface area contributed by atoms with Gasteiger partial charge < -0.3 is 15.7 Å². The zero-order valence-corrected chi connectivity index (χ0v) is 22.1. The van der Waals surface area contributed by atoms with E-state index in [2.05, 4.69) is 35.5 Å². The van der Waals surface area contributed by atoms with Gasteiger partial charge in [0, 0.05) is 19.2 Å². The summed E-state index contributed by atoms with van der Waals surface area (Å²) < 4.78 is 94.8. The number of alkyl halides is 3. The first-order valence-corrected chi connectivity index (χ1v) is 13.5. The Hall–Kier alpha value is -4.54. The number of phenols is 1. The van der Waals surface area contributed by atoms with Crippen molar-refractivity contribution < 1.29 is 40.3 Å². The molecule has 5 N–H and O–H groups in total. The van der Waals surface area contributed by atoms with Gasteiger partial charge in [-0.1, -0.05) is 0 Å². The highest BCUT2D eigenvalue weighted by Gasteiger charge is 2.31. The summed E-state index contributed by atoms with van der Waals surface area (Å²) in [4.78, 5) is 20.8. The van der Waals surface area contributed by atoms with Crippen LogP contribution in [0.4, 0.5) is 33.5 Å². The number of aromatic hydroxyl groups is 1. The van der Waals surface area contributed by atoms with Crippen LogP contribution in [0, 0.1) is 11.6 Å². The van der Waals surface area contributed by atoms with Gasteiger partial charge in [-0.2, -0.15) is 18.3 Å². The van der Waals surface area contributed by atoms with E-state index in [1.807, 2.05) is 0 Å². The van der Waals surface area contributed by atoms with Crippen molar-refractivity contribution in [2.75, 3.05) is 22.8 Å². The number of aromatic nitrogens is 4. The Bertz CT molecular complexity index is 1740. The number of anilines is 2. The Morgan fingerprint density at radius 3 is 2.49 bits per heavy atom. The average molecular weight is 600 g/mol. The van der Waals surface area contributed by atoms with Crippen LogP contribution in [0.1, 0.15) is 28.5 Å². The van der Waals surface area contributed by atoms with Crippen LogP contribution in [-0.4, -0.2) is 58.6 Å². The number of hydrogen-bond acceptors (Lipinski definition) is 8. The Kier molecular flexibility index (Phi) is 8.01. The Morgan fingerprint density at radius 1 is 1.10 bits per heavy atom. The van der Waals surface area contributed by atoms with Gasteiger partial charge in [0.25, 0.3) is 5.91 Å². The fourth-order valence-corrected chi connectivity index (χ4v) is 4.54. The van der Waals surface area contributed by atoms with Gasteiger partial charge in [-0.05, 0) is 48.4 Å². The van der Waals surface area contributed by atoms with Crippen molar-refractivity contribution in [3.63, 3.8) is 0 Å². The molecule has 0 saturated heterocycles. The molecule has 0 atom stereocenters. The molecule has 4 rings (SSSR count). The van der Waals surface area contributed by atoms with Crippen molar-refractivity contribution >= 4 is 38.5 Å². The van der Waals surface area contributed by atoms with Gasteiger partial charge in [0.15, 0.2) is 23.0 Å². The Morgan fingerprint density at radius 2 is 1.83 bits per heavy atom. The molecule has 0 bridgehead atoms. The standard InChI is InChI=1S/C24H22F5N7O4S/c1-3-41(39,40)36-16-5-4-13(25)6-12(16)10-31-21-18-19(23(38)30-2)34-35-22(18)33-20(32-21)14-8-15(26)17(37)7-11(14)9-24(27,28)29/h4-8,36-37H,3,9-10H2,1-2H3,(H,30,38)(H2,31,32,33,34,35). The molecule has 0 spiro atoms. The number of fused-ring (bicyclic) bond motifs is 1. The molecule has 0 aliphatic carbocycles. The predicted octanol–water partition coefficient (Wildman–Crippen LogP) is 3.84. The zero-order valence-electron chi connectivity index (χ0n) is 21.3. The summed E-state index contributed by atoms with van der Waals surface area (Å²) in [5.41, 5.74) is -1.10. The molecular formula is C24H22F5N7O4S. The van der Waals surface area contributed by atoms with Gasteiger partial charge in [-0.15, -0.1) is 0 Å². The van der Waals surface area contributed by atoms with Crippen molar-refractivity contribution in [1.29, 1.82) is 0 Å². The van der Waals surface area contributed by atoms with Crippen molar-refractivity contribution in [3.05, 3.63) is 58.8 Å². The molecule has 2 aromatic heterocycles. The third kappa shape index (κ3) is 6.62. The molecule has 0 aliphatic rings. The van der Waals surface area contributed by atoms with Crippen molar-refractivity contribution in [3.8, 4) is 17.1 Å². The van der Waals surface area contributed by atoms with Gasteiger partial charge in [-0.25, -0.2) is 27.2 Å². The second kappa shape index (κ2) is 11.1. The van der Waals surface area contributed by atoms with E-state index in [0.29, 0.717) is 12.1 Å². The highest BCUT2D eigenvalue weighted by Crippen LogP contribution is 2.35. The summed E-state index contributed by atoms with van der Waals surface area (Å²) in [5.74, 6) is -4.45. The minimum atomic E-state index is -4.73. The lowest BCUT2D eigenvalue weighted by atomic mass is 10.0. The van der Waals surface area contributed by atoms with Crippen LogP contribution in [0.15, 0.2) is 30.3 Å². The maximum atomic E-state index is 14.3. The minimum Gasteiger partial charge on any atom is -0.505 e. The van der Waals surface area contributed by atoms with Crippen LogP contribution in [0.3, 0.4) is 0 Å². The molecule has 218 valence electrons. The number of carbonyl (C=O) groups excluding carboxylic acids is 1. The molecule has 0 unspecified atom stereocenters. The molecule has 2 aromatic carbocycles. The van der Waals surface area contributed by atoms with E-state index in [0.717, 1.165) is 12.1 Å². The number of benzene rings is 2. The first-order valence-electron chi connectivity index (χ1n) is 11.8. The second-order valence-electron chi connectivity index (χ2n) is 8.69. The number of aromatic amines is 1. The summed E-state index contributed by atoms with van der Waals surface area (Å²) >= 11 is 0. The molecule has 0 aliphatic heterocycles. The quantitative estimate of drug-likeness (QED) is 0.181. The molecule has 17 heteroatoms. The first kappa shape index (κ1) is 29.4. The molecule has 4 aromatic rings. The van der Waals surface area contributed by atoms with Crippen molar-refractivity contribution in [2.24, 2.45) is 0 Å². The van der Waals surface area contributed by atoms with Gasteiger partial charge in [0.1, 0.15) is 17.3 Å². The number of nitrogens with one attached hydrogen (secondary N) is 4. The third-order valence-electron chi connectivity index (χ3n) is 5.83. The summed E-state index contributed by atoms with van der Waals surface area (Å²) in [6.45, 7) is 1.12. The zero-order chi connectivity index (χ0) is 30.1. The summed E-state index contributed by atoms with van der Waals surface area (Å²) in [6.07, 6.45) is -6.28. The van der Waals surface area contributed by atoms with Crippen LogP contribution in [0.2, 0.25) is 0 Å². The lowest BCUT2D eigenvalue weighted by Crippen LogP contribution is -2.19. The van der Waals surface area contributed by atoms with Crippen LogP contribution in [0.25, 0.3) is 22.4 Å². The number of sulfonamides is 1. The van der Waals surface area contributed by atoms with Crippen molar-refractivity contribution in [1.82, 2.24) is 25.5 Å². The maximum absolute atomic E-state index is 14.3. The van der Waals surface area contributed by atoms with E-state index in [1.165, 1.54) is 20.0 Å². The van der Waals surface area contributed by atoms with Crippen LogP contribution in [-0.2, 0) is 23.0 Å². The number of halogens is 5. The number of hydrogen-bond donors (Lipinski definition) is 5. The van der Waals surface area contributed by atoms with E-state index in [-0.39, 0.29) is 46.1 Å². The number of amides is 1. The highest BCUT2D eigenvalue weighted by atomic mass is 32.2. The van der Waals surface area contributed by atoms with Gasteiger partial charge >= 0.3 is 6.18 Å². The largest absolute Gasteiger partial charge is 0.505 e. The van der Waals surface area contributed by atoms with Gasteiger partial charge in [0.05, 0.1) is 23.2 Å². The van der Waals surface area contributed by atoms with E-state index < -0.39 is 62.9 Å². The van der Waals surface area contributed by atoms with Crippen LogP contribution >= 0.6 is 0 Å². The minimum absolute atomic E-state index is 0.00295. The molecule has 2 heterocycles. The predicted molar refractivity (Wildman–Crippen MR) is 139 cm³/mol. The fraction of sp³-hybridized carbons (Fsp3) is 0.250. The van der Waals surface area contributed by atoms with Crippen LogP contribution in [0.5, 0.6) is 5.75 Å². The molecule has 1 amide bonds. The topological polar surface area (TPSA) is 162 Å². The molecular weight excluding hydrogens is 577 g/mol. The lowest BCUT2D eigenvalue weighted by molar-refractivity contribution is -0.127. The fourth-order valence-electron chi connectivity index (χ4n) is 3.86. The van der Waals surface area contributed by atoms with E-state index in [4.69, 9.17) is 0 Å². The molecule has 0 saturated carbocycles. The summed E-state index contributed by atoms with van der Waals surface area (Å²) in [7, 11) is -2.42. The SMILES string of the molecule is CCS(=O)(=O)Nc1ccc(F)cc1CNc1nc(-c2cc(F)c(O)cc2CC(F)(F)F)nc2n[nH]c(C(=O)NC)c12. The monoisotopic (exact) mass is 599 g/mol. The number of rotatable bonds is 9. The van der Waals surface area contributed by atoms with Crippen molar-refractivity contribution in [2.45, 2.75) is 26.1 Å². The van der Waals surface area contributed by atoms with E-state index in [9.17, 15) is 40.3 Å². The van der Waals surface area contributed by atoms with Gasteiger partial charge in [0.2, 0.25) is 10.0 Å². The van der Waals surface area contributed by atoms with Gasteiger partial charge in [-0.3, -0.25) is 14.6 Å². The molecule has 0 fully saturated rings. The number of carbonyl (C=O) groups is 1. The third-order valence-corrected chi connectivity index (χ3v) is 7.12. The number of H-pyrrole nitrogens is 1. The smallest absolute Gasteiger partial charge is 0.393 e.